The highest BCUT2D eigenvalue weighted by atomic mass is 16.1. The van der Waals surface area contributed by atoms with Gasteiger partial charge in [-0.15, -0.1) is 0 Å². The molecule has 0 heterocycles. The molecule has 0 bridgehead atoms. The van der Waals surface area contributed by atoms with Crippen LogP contribution < -0.4 is 0 Å². The average Bonchev–Trinajstić information content (AvgIpc) is 2.16. The van der Waals surface area contributed by atoms with E-state index in [2.05, 4.69) is 26.8 Å². The third-order valence-corrected chi connectivity index (χ3v) is 4.51. The lowest BCUT2D eigenvalue weighted by Crippen LogP contribution is -2.40. The van der Waals surface area contributed by atoms with E-state index < -0.39 is 0 Å². The summed E-state index contributed by atoms with van der Waals surface area (Å²) in [5.74, 6) is 1.82. The summed E-state index contributed by atoms with van der Waals surface area (Å²) in [6, 6.07) is 0. The van der Waals surface area contributed by atoms with E-state index in [0.29, 0.717) is 11.7 Å². The number of ketones is 1. The fourth-order valence-corrected chi connectivity index (χ4v) is 3.54. The van der Waals surface area contributed by atoms with Gasteiger partial charge >= 0.3 is 0 Å². The maximum Gasteiger partial charge on any atom is 0.159 e. The Morgan fingerprint density at radius 1 is 1.53 bits per heavy atom. The van der Waals surface area contributed by atoms with Gasteiger partial charge in [0.25, 0.3) is 0 Å². The maximum atomic E-state index is 11.9. The van der Waals surface area contributed by atoms with Gasteiger partial charge in [-0.25, -0.2) is 0 Å². The van der Waals surface area contributed by atoms with Crippen LogP contribution in [0.25, 0.3) is 0 Å². The van der Waals surface area contributed by atoms with E-state index in [-0.39, 0.29) is 5.41 Å². The van der Waals surface area contributed by atoms with E-state index in [1.165, 1.54) is 19.3 Å². The molecule has 15 heavy (non-hydrogen) atoms. The van der Waals surface area contributed by atoms with Crippen molar-refractivity contribution in [3.05, 3.63) is 11.6 Å². The highest BCUT2D eigenvalue weighted by Gasteiger charge is 2.43. The zero-order valence-electron chi connectivity index (χ0n) is 10.2. The molecule has 0 aromatic rings. The van der Waals surface area contributed by atoms with Crippen LogP contribution >= 0.6 is 0 Å². The maximum absolute atomic E-state index is 11.9. The van der Waals surface area contributed by atoms with Crippen LogP contribution in [0.4, 0.5) is 0 Å². The van der Waals surface area contributed by atoms with Crippen LogP contribution in [0.15, 0.2) is 11.6 Å². The molecule has 3 atom stereocenters. The Morgan fingerprint density at radius 3 is 2.93 bits per heavy atom. The number of rotatable bonds is 1. The number of fused-ring (bicyclic) bond motifs is 1. The van der Waals surface area contributed by atoms with Gasteiger partial charge in [0.1, 0.15) is 0 Å². The molecular weight excluding hydrogens is 184 g/mol. The average molecular weight is 206 g/mol. The molecule has 0 aromatic carbocycles. The van der Waals surface area contributed by atoms with E-state index in [4.69, 9.17) is 0 Å². The zero-order valence-corrected chi connectivity index (χ0v) is 10.2. The van der Waals surface area contributed by atoms with Gasteiger partial charge in [-0.3, -0.25) is 4.79 Å². The molecule has 0 radical (unpaired) electrons. The Balaban J connectivity index is 2.33. The second-order valence-corrected chi connectivity index (χ2v) is 5.69. The third kappa shape index (κ3) is 1.77. The number of allylic oxidation sites excluding steroid dienone is 2. The van der Waals surface area contributed by atoms with Crippen LogP contribution in [0.1, 0.15) is 52.9 Å². The van der Waals surface area contributed by atoms with E-state index in [1.807, 2.05) is 0 Å². The van der Waals surface area contributed by atoms with Crippen molar-refractivity contribution in [2.75, 3.05) is 0 Å². The summed E-state index contributed by atoms with van der Waals surface area (Å²) in [7, 11) is 0. The molecule has 0 aliphatic heterocycles. The van der Waals surface area contributed by atoms with Crippen molar-refractivity contribution in [1.82, 2.24) is 0 Å². The van der Waals surface area contributed by atoms with Crippen LogP contribution in [0, 0.1) is 17.3 Å². The van der Waals surface area contributed by atoms with Gasteiger partial charge in [0.15, 0.2) is 5.78 Å². The summed E-state index contributed by atoms with van der Waals surface area (Å²) in [5, 5.41) is 0. The third-order valence-electron chi connectivity index (χ3n) is 4.51. The quantitative estimate of drug-likeness (QED) is 0.638. The summed E-state index contributed by atoms with van der Waals surface area (Å²) in [6.07, 6.45) is 7.88. The lowest BCUT2D eigenvalue weighted by atomic mass is 9.58. The van der Waals surface area contributed by atoms with Gasteiger partial charge in [-0.2, -0.15) is 0 Å². The highest BCUT2D eigenvalue weighted by Crippen LogP contribution is 2.50. The summed E-state index contributed by atoms with van der Waals surface area (Å²) < 4.78 is 0. The first kappa shape index (κ1) is 10.9. The molecule has 0 aromatic heterocycles. The van der Waals surface area contributed by atoms with Gasteiger partial charge in [0.05, 0.1) is 0 Å². The number of carbonyl (C=O) groups is 1. The van der Waals surface area contributed by atoms with Crippen molar-refractivity contribution in [1.29, 1.82) is 0 Å². The first-order valence-electron chi connectivity index (χ1n) is 6.31. The molecule has 1 saturated carbocycles. The fourth-order valence-electron chi connectivity index (χ4n) is 3.54. The van der Waals surface area contributed by atoms with Crippen LogP contribution in [0.2, 0.25) is 0 Å². The first-order chi connectivity index (χ1) is 7.07. The molecule has 0 amide bonds. The molecule has 84 valence electrons. The van der Waals surface area contributed by atoms with Crippen LogP contribution in [-0.4, -0.2) is 5.78 Å². The van der Waals surface area contributed by atoms with E-state index in [0.717, 1.165) is 24.3 Å². The molecule has 2 aliphatic rings. The lowest BCUT2D eigenvalue weighted by Gasteiger charge is -2.46. The predicted molar refractivity (Wildman–Crippen MR) is 62.6 cm³/mol. The van der Waals surface area contributed by atoms with Crippen molar-refractivity contribution in [2.24, 2.45) is 17.3 Å². The van der Waals surface area contributed by atoms with Crippen molar-refractivity contribution in [2.45, 2.75) is 52.9 Å². The van der Waals surface area contributed by atoms with Gasteiger partial charge in [-0.05, 0) is 35.7 Å². The molecule has 0 spiro atoms. The van der Waals surface area contributed by atoms with Crippen LogP contribution in [0.5, 0.6) is 0 Å². The number of hydrogen-bond donors (Lipinski definition) is 0. The second kappa shape index (κ2) is 3.77. The predicted octanol–water partition coefficient (Wildman–Crippen LogP) is 3.74. The fraction of sp³-hybridized carbons (Fsp3) is 0.786. The Labute approximate surface area is 92.9 Å². The first-order valence-corrected chi connectivity index (χ1v) is 6.31. The number of Topliss-reactive ketones (excluding diaryl/α,β-unsaturated/α-hetero) is 1. The molecule has 1 heteroatoms. The minimum atomic E-state index is 0.271. The molecular formula is C14H22O. The smallest absolute Gasteiger partial charge is 0.159 e. The molecule has 1 nitrogen and oxygen atoms in total. The summed E-state index contributed by atoms with van der Waals surface area (Å²) in [4.78, 5) is 11.9. The summed E-state index contributed by atoms with van der Waals surface area (Å²) in [6.45, 7) is 6.76. The molecule has 2 aliphatic carbocycles. The SMILES string of the molecule is CCC1=CC2[C@H](C)CCC[C@@]2(C)CC1=O. The summed E-state index contributed by atoms with van der Waals surface area (Å²) in [5.41, 5.74) is 1.36. The molecule has 2 rings (SSSR count). The van der Waals surface area contributed by atoms with Crippen LogP contribution in [-0.2, 0) is 4.79 Å². The molecule has 1 unspecified atom stereocenters. The van der Waals surface area contributed by atoms with Gasteiger partial charge in [0, 0.05) is 6.42 Å². The van der Waals surface area contributed by atoms with Gasteiger partial charge < -0.3 is 0 Å². The second-order valence-electron chi connectivity index (χ2n) is 5.69. The van der Waals surface area contributed by atoms with Crippen molar-refractivity contribution in [3.63, 3.8) is 0 Å². The molecule has 0 saturated heterocycles. The Bertz CT molecular complexity index is 302. The standard InChI is InChI=1S/C14H22O/c1-4-11-8-12-10(2)6-5-7-14(12,3)9-13(11)15/h8,10,12H,4-7,9H2,1-3H3/t10-,12?,14+/m1/s1. The van der Waals surface area contributed by atoms with Gasteiger partial charge in [0.2, 0.25) is 0 Å². The van der Waals surface area contributed by atoms with E-state index in [1.54, 1.807) is 0 Å². The van der Waals surface area contributed by atoms with Crippen molar-refractivity contribution in [3.8, 4) is 0 Å². The number of carbonyl (C=O) groups excluding carboxylic acids is 1. The Hall–Kier alpha value is -0.590. The highest BCUT2D eigenvalue weighted by molar-refractivity contribution is 5.96. The van der Waals surface area contributed by atoms with E-state index in [9.17, 15) is 4.79 Å². The largest absolute Gasteiger partial charge is 0.295 e. The number of hydrogen-bond acceptors (Lipinski definition) is 1. The van der Waals surface area contributed by atoms with E-state index >= 15 is 0 Å². The normalized spacial score (nSPS) is 41.0. The molecule has 1 fully saturated rings. The van der Waals surface area contributed by atoms with Gasteiger partial charge in [-0.1, -0.05) is 39.7 Å². The summed E-state index contributed by atoms with van der Waals surface area (Å²) >= 11 is 0. The topological polar surface area (TPSA) is 17.1 Å². The zero-order chi connectivity index (χ0) is 11.1. The minimum absolute atomic E-state index is 0.271. The van der Waals surface area contributed by atoms with Crippen molar-refractivity contribution < 1.29 is 4.79 Å². The minimum Gasteiger partial charge on any atom is -0.295 e. The van der Waals surface area contributed by atoms with Crippen LogP contribution in [0.3, 0.4) is 0 Å². The Kier molecular flexibility index (Phi) is 2.74. The molecule has 0 N–H and O–H groups in total. The van der Waals surface area contributed by atoms with Crippen molar-refractivity contribution >= 4 is 5.78 Å². The lowest BCUT2D eigenvalue weighted by molar-refractivity contribution is -0.120. The monoisotopic (exact) mass is 206 g/mol. The Morgan fingerprint density at radius 2 is 2.27 bits per heavy atom.